The van der Waals surface area contributed by atoms with Gasteiger partial charge in [0, 0.05) is 0 Å². The first-order chi connectivity index (χ1) is 13.2. The Labute approximate surface area is 165 Å². The van der Waals surface area contributed by atoms with Crippen molar-refractivity contribution in [2.45, 2.75) is 45.4 Å². The van der Waals surface area contributed by atoms with Crippen molar-refractivity contribution in [1.29, 1.82) is 0 Å². The molecule has 0 aliphatic rings. The Hall–Kier alpha value is -2.12. The third-order valence-corrected chi connectivity index (χ3v) is 5.33. The van der Waals surface area contributed by atoms with Crippen LogP contribution in [0.2, 0.25) is 0 Å². The van der Waals surface area contributed by atoms with Crippen LogP contribution in [-0.4, -0.2) is 25.5 Å². The average molecular weight is 360 g/mol. The summed E-state index contributed by atoms with van der Waals surface area (Å²) in [6.45, 7) is 3.41. The van der Waals surface area contributed by atoms with E-state index in [-0.39, 0.29) is 0 Å². The molecule has 0 N–H and O–H groups in total. The number of unbranched alkanes of at least 4 members (excludes halogenated alkanes) is 2. The zero-order valence-corrected chi connectivity index (χ0v) is 17.2. The van der Waals surface area contributed by atoms with Crippen molar-refractivity contribution in [3.63, 3.8) is 0 Å². The lowest BCUT2D eigenvalue weighted by molar-refractivity contribution is 0.400. The highest BCUT2D eigenvalue weighted by Gasteiger charge is 2.03. The highest BCUT2D eigenvalue weighted by atomic mass is 15.0. The molecule has 0 aliphatic heterocycles. The zero-order valence-electron chi connectivity index (χ0n) is 17.2. The highest BCUT2D eigenvalue weighted by Crippen LogP contribution is 2.26. The Balaban J connectivity index is 1.70. The van der Waals surface area contributed by atoms with Crippen molar-refractivity contribution >= 4 is 10.8 Å². The summed E-state index contributed by atoms with van der Waals surface area (Å²) in [4.78, 5) is 2.25. The predicted octanol–water partition coefficient (Wildman–Crippen LogP) is 6.73. The molecule has 0 saturated carbocycles. The minimum Gasteiger partial charge on any atom is -0.309 e. The molecular formula is C26H33N. The van der Waals surface area contributed by atoms with Crippen molar-refractivity contribution in [2.75, 3.05) is 20.6 Å². The number of hydrogen-bond donors (Lipinski definition) is 0. The largest absolute Gasteiger partial charge is 0.309 e. The molecule has 0 aliphatic carbocycles. The molecule has 3 aromatic carbocycles. The van der Waals surface area contributed by atoms with Crippen molar-refractivity contribution < 1.29 is 0 Å². The van der Waals surface area contributed by atoms with Gasteiger partial charge in [0.15, 0.2) is 0 Å². The maximum Gasteiger partial charge on any atom is -0.00217 e. The fourth-order valence-electron chi connectivity index (χ4n) is 3.67. The number of nitrogens with zero attached hydrogens (tertiary/aromatic N) is 1. The maximum atomic E-state index is 2.36. The summed E-state index contributed by atoms with van der Waals surface area (Å²) in [5, 5.41) is 2.69. The van der Waals surface area contributed by atoms with Gasteiger partial charge < -0.3 is 4.90 Å². The van der Waals surface area contributed by atoms with E-state index in [0.29, 0.717) is 0 Å². The Bertz CT molecular complexity index is 846. The van der Waals surface area contributed by atoms with Crippen molar-refractivity contribution in [1.82, 2.24) is 4.90 Å². The number of hydrogen-bond acceptors (Lipinski definition) is 1. The number of fused-ring (bicyclic) bond motifs is 1. The van der Waals surface area contributed by atoms with Gasteiger partial charge in [-0.2, -0.15) is 0 Å². The van der Waals surface area contributed by atoms with Crippen LogP contribution >= 0.6 is 0 Å². The van der Waals surface area contributed by atoms with Gasteiger partial charge in [-0.15, -0.1) is 0 Å². The predicted molar refractivity (Wildman–Crippen MR) is 119 cm³/mol. The van der Waals surface area contributed by atoms with E-state index < -0.39 is 0 Å². The lowest BCUT2D eigenvalue weighted by Crippen LogP contribution is -2.13. The molecule has 0 radical (unpaired) electrons. The van der Waals surface area contributed by atoms with E-state index in [9.17, 15) is 0 Å². The molecule has 27 heavy (non-hydrogen) atoms. The summed E-state index contributed by atoms with van der Waals surface area (Å²) < 4.78 is 0. The molecule has 0 saturated heterocycles. The monoisotopic (exact) mass is 359 g/mol. The van der Waals surface area contributed by atoms with E-state index in [1.165, 1.54) is 65.1 Å². The molecule has 3 aromatic rings. The van der Waals surface area contributed by atoms with Crippen molar-refractivity contribution in [3.05, 3.63) is 71.8 Å². The summed E-state index contributed by atoms with van der Waals surface area (Å²) >= 11 is 0. The minimum atomic E-state index is 1.15. The number of aryl methyl sites for hydroxylation is 2. The van der Waals surface area contributed by atoms with Gasteiger partial charge in [-0.25, -0.2) is 0 Å². The van der Waals surface area contributed by atoms with Gasteiger partial charge in [0.1, 0.15) is 0 Å². The molecular weight excluding hydrogens is 326 g/mol. The minimum absolute atomic E-state index is 1.15. The molecule has 1 nitrogen and oxygen atoms in total. The van der Waals surface area contributed by atoms with Crippen LogP contribution in [0, 0.1) is 0 Å². The van der Waals surface area contributed by atoms with E-state index in [1.54, 1.807) is 0 Å². The number of rotatable bonds is 9. The molecule has 0 spiro atoms. The third kappa shape index (κ3) is 5.68. The SMILES string of the molecule is CCCCCc1ccc2cc(-c3ccc(CCCN(C)C)cc3)ccc2c1. The summed E-state index contributed by atoms with van der Waals surface area (Å²) in [6, 6.07) is 22.9. The second-order valence-corrected chi connectivity index (χ2v) is 7.96. The quantitative estimate of drug-likeness (QED) is 0.383. The average Bonchev–Trinajstić information content (AvgIpc) is 2.68. The molecule has 0 atom stereocenters. The molecule has 142 valence electrons. The first-order valence-electron chi connectivity index (χ1n) is 10.4. The summed E-state index contributed by atoms with van der Waals surface area (Å²) in [6.07, 6.45) is 7.45. The summed E-state index contributed by atoms with van der Waals surface area (Å²) in [5.74, 6) is 0. The van der Waals surface area contributed by atoms with E-state index >= 15 is 0 Å². The molecule has 3 rings (SSSR count). The first-order valence-corrected chi connectivity index (χ1v) is 10.4. The van der Waals surface area contributed by atoms with Crippen LogP contribution in [-0.2, 0) is 12.8 Å². The van der Waals surface area contributed by atoms with Gasteiger partial charge in [-0.3, -0.25) is 0 Å². The van der Waals surface area contributed by atoms with Crippen LogP contribution < -0.4 is 0 Å². The first kappa shape index (κ1) is 19.6. The van der Waals surface area contributed by atoms with Crippen molar-refractivity contribution in [3.8, 4) is 11.1 Å². The Morgan fingerprint density at radius 3 is 2.00 bits per heavy atom. The van der Waals surface area contributed by atoms with Gasteiger partial charge in [0.05, 0.1) is 0 Å². The van der Waals surface area contributed by atoms with Crippen LogP contribution in [0.25, 0.3) is 21.9 Å². The van der Waals surface area contributed by atoms with E-state index in [2.05, 4.69) is 86.6 Å². The second kappa shape index (κ2) is 9.71. The number of benzene rings is 3. The molecule has 0 aromatic heterocycles. The van der Waals surface area contributed by atoms with Gasteiger partial charge in [0.25, 0.3) is 0 Å². The fourth-order valence-corrected chi connectivity index (χ4v) is 3.67. The van der Waals surface area contributed by atoms with Gasteiger partial charge in [-0.1, -0.05) is 74.4 Å². The lowest BCUT2D eigenvalue weighted by Gasteiger charge is -2.10. The second-order valence-electron chi connectivity index (χ2n) is 7.96. The Morgan fingerprint density at radius 2 is 1.26 bits per heavy atom. The van der Waals surface area contributed by atoms with Crippen LogP contribution in [0.1, 0.15) is 43.7 Å². The van der Waals surface area contributed by atoms with Gasteiger partial charge in [0.2, 0.25) is 0 Å². The molecule has 0 bridgehead atoms. The maximum absolute atomic E-state index is 2.36. The normalized spacial score (nSPS) is 11.4. The molecule has 0 amide bonds. The topological polar surface area (TPSA) is 3.24 Å². The zero-order chi connectivity index (χ0) is 19.1. The molecule has 0 fully saturated rings. The smallest absolute Gasteiger partial charge is 0.00217 e. The van der Waals surface area contributed by atoms with Gasteiger partial charge >= 0.3 is 0 Å². The summed E-state index contributed by atoms with van der Waals surface area (Å²) in [5.41, 5.74) is 5.50. The van der Waals surface area contributed by atoms with Crippen LogP contribution in [0.4, 0.5) is 0 Å². The van der Waals surface area contributed by atoms with Crippen molar-refractivity contribution in [2.24, 2.45) is 0 Å². The van der Waals surface area contributed by atoms with Gasteiger partial charge in [-0.05, 0) is 85.4 Å². The lowest BCUT2D eigenvalue weighted by atomic mass is 9.97. The fraction of sp³-hybridized carbons (Fsp3) is 0.385. The Kier molecular flexibility index (Phi) is 7.06. The summed E-state index contributed by atoms with van der Waals surface area (Å²) in [7, 11) is 4.27. The van der Waals surface area contributed by atoms with Crippen LogP contribution in [0.3, 0.4) is 0 Å². The Morgan fingerprint density at radius 1 is 0.630 bits per heavy atom. The van der Waals surface area contributed by atoms with Crippen LogP contribution in [0.15, 0.2) is 60.7 Å². The molecule has 0 unspecified atom stereocenters. The third-order valence-electron chi connectivity index (χ3n) is 5.33. The molecule has 1 heteroatoms. The van der Waals surface area contributed by atoms with E-state index in [1.807, 2.05) is 0 Å². The van der Waals surface area contributed by atoms with E-state index in [4.69, 9.17) is 0 Å². The molecule has 0 heterocycles. The highest BCUT2D eigenvalue weighted by molar-refractivity contribution is 5.87. The standard InChI is InChI=1S/C26H33N/c1-4-5-6-8-22-12-15-26-20-25(17-16-24(26)19-22)23-13-10-21(11-14-23)9-7-18-27(2)3/h10-17,19-20H,4-9,18H2,1-3H3. The van der Waals surface area contributed by atoms with E-state index in [0.717, 1.165) is 13.0 Å². The van der Waals surface area contributed by atoms with Crippen LogP contribution in [0.5, 0.6) is 0 Å².